The second-order valence-corrected chi connectivity index (χ2v) is 13.3. The number of fused-ring (bicyclic) bond motifs is 3. The van der Waals surface area contributed by atoms with Gasteiger partial charge < -0.3 is 0 Å². The first kappa shape index (κ1) is 17.9. The number of halogens is 1. The van der Waals surface area contributed by atoms with Gasteiger partial charge >= 0.3 is 183 Å². The van der Waals surface area contributed by atoms with E-state index >= 15 is 0 Å². The van der Waals surface area contributed by atoms with Crippen LogP contribution in [0.3, 0.4) is 0 Å². The minimum absolute atomic E-state index is 0.125. The van der Waals surface area contributed by atoms with Gasteiger partial charge in [0.05, 0.1) is 0 Å². The third-order valence-electron chi connectivity index (χ3n) is 4.24. The number of hydrogen-bond donors (Lipinski definition) is 0. The van der Waals surface area contributed by atoms with Crippen LogP contribution in [0.2, 0.25) is 0 Å². The zero-order valence-electron chi connectivity index (χ0n) is 13.6. The predicted octanol–water partition coefficient (Wildman–Crippen LogP) is 0.00340. The van der Waals surface area contributed by atoms with Crippen molar-refractivity contribution in [3.05, 3.63) is 70.3 Å². The maximum absolute atomic E-state index is 4.04. The van der Waals surface area contributed by atoms with E-state index in [1.165, 1.54) is 36.5 Å². The van der Waals surface area contributed by atoms with Crippen molar-refractivity contribution in [1.82, 2.24) is 4.63 Å². The molecular formula is C19H13Al3IN2-. The number of para-hydroxylation sites is 1. The number of benzene rings is 3. The van der Waals surface area contributed by atoms with Crippen molar-refractivity contribution in [2.75, 3.05) is 0 Å². The molecule has 0 saturated heterocycles. The molecule has 0 bridgehead atoms. The van der Waals surface area contributed by atoms with Crippen LogP contribution in [0.5, 0.6) is 0 Å². The van der Waals surface area contributed by atoms with Crippen LogP contribution in [0.4, 0.5) is 0 Å². The number of nitrogens with zero attached hydrogens (tertiary/aromatic N) is 2. The Hall–Kier alpha value is -0.543. The topological polar surface area (TPSA) is 8.17 Å². The molecule has 0 saturated carbocycles. The molecule has 4 radical (unpaired) electrons. The van der Waals surface area contributed by atoms with E-state index in [0.717, 1.165) is 0 Å². The monoisotopic (exact) mass is 477 g/mol. The van der Waals surface area contributed by atoms with E-state index in [0.29, 0.717) is 0 Å². The third-order valence-corrected chi connectivity index (χ3v) is 10.1. The van der Waals surface area contributed by atoms with E-state index in [-0.39, 0.29) is 36.5 Å². The summed E-state index contributed by atoms with van der Waals surface area (Å²) in [6.45, 7) is 0. The number of hydrogen-bond acceptors (Lipinski definition) is 1. The minimum atomic E-state index is -0.141. The first-order chi connectivity index (χ1) is 12.2. The van der Waals surface area contributed by atoms with Crippen LogP contribution >= 0.6 is 0 Å². The molecule has 0 spiro atoms. The van der Waals surface area contributed by atoms with Gasteiger partial charge in [-0.25, -0.2) is 0 Å². The molecule has 25 heavy (non-hydrogen) atoms. The Kier molecular flexibility index (Phi) is 5.43. The van der Waals surface area contributed by atoms with E-state index < -0.39 is 0 Å². The van der Waals surface area contributed by atoms with Gasteiger partial charge in [0.15, 0.2) is 0 Å². The van der Waals surface area contributed by atoms with Gasteiger partial charge in [0.25, 0.3) is 0 Å². The Morgan fingerprint density at radius 2 is 1.64 bits per heavy atom. The van der Waals surface area contributed by atoms with Crippen molar-refractivity contribution in [1.29, 1.82) is 0 Å². The van der Waals surface area contributed by atoms with Gasteiger partial charge in [-0.3, -0.25) is 0 Å². The molecule has 0 aliphatic rings. The summed E-state index contributed by atoms with van der Waals surface area (Å²) in [7, 11) is 0. The van der Waals surface area contributed by atoms with Gasteiger partial charge in [0, 0.05) is 0 Å². The predicted molar refractivity (Wildman–Crippen MR) is 105 cm³/mol. The molecule has 0 amide bonds. The van der Waals surface area contributed by atoms with Crippen molar-refractivity contribution >= 4 is 75.2 Å². The fourth-order valence-corrected chi connectivity index (χ4v) is 7.16. The van der Waals surface area contributed by atoms with Crippen molar-refractivity contribution in [3.8, 4) is 11.1 Å². The summed E-state index contributed by atoms with van der Waals surface area (Å²) in [6.07, 6.45) is 0. The summed E-state index contributed by atoms with van der Waals surface area (Å²) >= 11 is 5.63. The van der Waals surface area contributed by atoms with Crippen LogP contribution in [0.1, 0.15) is 0 Å². The fourth-order valence-electron chi connectivity index (χ4n) is 3.05. The van der Waals surface area contributed by atoms with E-state index in [1.807, 2.05) is 0 Å². The molecule has 1 heterocycles. The van der Waals surface area contributed by atoms with Crippen LogP contribution in [0.25, 0.3) is 32.9 Å². The third kappa shape index (κ3) is 3.51. The van der Waals surface area contributed by atoms with Crippen LogP contribution in [0, 0.1) is 3.57 Å². The van der Waals surface area contributed by atoms with Crippen molar-refractivity contribution in [3.63, 3.8) is 0 Å². The van der Waals surface area contributed by atoms with Gasteiger partial charge in [0.1, 0.15) is 0 Å². The summed E-state index contributed by atoms with van der Waals surface area (Å²) < 4.78 is 5.94. The van der Waals surface area contributed by atoms with Gasteiger partial charge in [-0.15, -0.1) is 0 Å². The number of rotatable bonds is 4. The zero-order valence-corrected chi connectivity index (χ0v) is 19.2. The Labute approximate surface area is 181 Å². The maximum atomic E-state index is 4.04. The molecule has 0 unspecified atom stereocenters. The average molecular weight is 477 g/mol. The molecule has 3 aromatic carbocycles. The molecule has 0 aliphatic carbocycles. The quantitative estimate of drug-likeness (QED) is 0.229. The molecule has 0 aliphatic heterocycles. The molecule has 4 aromatic rings. The Bertz CT molecular complexity index is 1090. The molecule has 0 N–H and O–H groups in total. The summed E-state index contributed by atoms with van der Waals surface area (Å²) in [6, 6.07) is 24.3. The van der Waals surface area contributed by atoms with E-state index in [1.54, 1.807) is 0 Å². The van der Waals surface area contributed by atoms with Crippen LogP contribution in [0.15, 0.2) is 66.7 Å². The standard InChI is InChI=1S/C18H11IN2.CH2.3Al/c20-19-14-5-3-4-12(10-14)13-8-9-18-16(11-13)15-6-1-2-7-17(15)21-18;;;;/h1-11H;1H2;;;/q-2;;;;+1. The van der Waals surface area contributed by atoms with Gasteiger partial charge in [-0.05, 0) is 0 Å². The SMILES string of the molecule is [CH2]=[Al][N]([Al])[I-]c1cccc(-c2ccc3c(c2)c2ccccc2[n]3[Al])c1. The average Bonchev–Trinajstić information content (AvgIpc) is 2.94. The van der Waals surface area contributed by atoms with Crippen LogP contribution in [-0.4, -0.2) is 58.0 Å². The number of aromatic nitrogens is 1. The van der Waals surface area contributed by atoms with E-state index in [2.05, 4.69) is 110 Å². The Morgan fingerprint density at radius 1 is 0.880 bits per heavy atom. The zero-order chi connectivity index (χ0) is 17.4. The fraction of sp³-hybridized carbons (Fsp3) is 0. The molecular weight excluding hydrogens is 464 g/mol. The van der Waals surface area contributed by atoms with Crippen molar-refractivity contribution in [2.24, 2.45) is 0 Å². The molecule has 1 aromatic heterocycles. The first-order valence-corrected chi connectivity index (χ1v) is 12.3. The normalized spacial score (nSPS) is 11.0. The molecule has 6 heteroatoms. The molecule has 0 atom stereocenters. The Balaban J connectivity index is 1.83. The van der Waals surface area contributed by atoms with Gasteiger partial charge in [-0.2, -0.15) is 0 Å². The molecule has 2 nitrogen and oxygen atoms in total. The van der Waals surface area contributed by atoms with Crippen molar-refractivity contribution in [2.45, 2.75) is 0 Å². The second kappa shape index (κ2) is 7.60. The molecule has 116 valence electrons. The summed E-state index contributed by atoms with van der Waals surface area (Å²) in [5.74, 6) is 0. The first-order valence-electron chi connectivity index (χ1n) is 7.87. The van der Waals surface area contributed by atoms with E-state index in [9.17, 15) is 0 Å². The molecule has 0 fully saturated rings. The second-order valence-electron chi connectivity index (χ2n) is 5.74. The summed E-state index contributed by atoms with van der Waals surface area (Å²) in [5, 5.41) is 6.64. The summed E-state index contributed by atoms with van der Waals surface area (Å²) in [5.41, 5.74) is 5.06. The van der Waals surface area contributed by atoms with Crippen molar-refractivity contribution < 1.29 is 21.5 Å². The van der Waals surface area contributed by atoms with Gasteiger partial charge in [-0.1, -0.05) is 0 Å². The van der Waals surface area contributed by atoms with Crippen LogP contribution < -0.4 is 21.5 Å². The summed E-state index contributed by atoms with van der Waals surface area (Å²) in [4.78, 5) is 0. The van der Waals surface area contributed by atoms with E-state index in [4.69, 9.17) is 0 Å². The van der Waals surface area contributed by atoms with Crippen LogP contribution in [-0.2, 0) is 0 Å². The Morgan fingerprint density at radius 3 is 2.48 bits per heavy atom. The van der Waals surface area contributed by atoms with Gasteiger partial charge in [0.2, 0.25) is 0 Å². The molecule has 4 rings (SSSR count).